The second-order valence-electron chi connectivity index (χ2n) is 2.96. The minimum absolute atomic E-state index is 0.433. The van der Waals surface area contributed by atoms with Crippen LogP contribution in [0.5, 0.6) is 0 Å². The first-order chi connectivity index (χ1) is 4.97. The van der Waals surface area contributed by atoms with Gasteiger partial charge in [0.05, 0.1) is 12.7 Å². The highest BCUT2D eigenvalue weighted by molar-refractivity contribution is 4.86. The Morgan fingerprint density at radius 3 is 3.20 bits per heavy atom. The van der Waals surface area contributed by atoms with Gasteiger partial charge in [0.15, 0.2) is 0 Å². The fourth-order valence-electron chi connectivity index (χ4n) is 1.69. The number of rotatable bonds is 0. The minimum atomic E-state index is 0.433. The van der Waals surface area contributed by atoms with Crippen LogP contribution in [0.25, 0.3) is 0 Å². The molecule has 2 N–H and O–H groups in total. The maximum Gasteiger partial charge on any atom is 0.0853 e. The predicted octanol–water partition coefficient (Wildman–Crippen LogP) is -0.663. The lowest BCUT2D eigenvalue weighted by atomic mass is 10.0. The predicted molar refractivity (Wildman–Crippen MR) is 39.0 cm³/mol. The second-order valence-corrected chi connectivity index (χ2v) is 2.96. The van der Waals surface area contributed by atoms with Crippen molar-refractivity contribution in [1.29, 1.82) is 0 Å². The molecule has 2 atom stereocenters. The Kier molecular flexibility index (Phi) is 1.88. The lowest BCUT2D eigenvalue weighted by molar-refractivity contribution is -0.0152. The fraction of sp³-hybridized carbons (Fsp3) is 1.00. The van der Waals surface area contributed by atoms with E-state index in [-0.39, 0.29) is 0 Å². The van der Waals surface area contributed by atoms with Gasteiger partial charge in [0.1, 0.15) is 0 Å². The zero-order valence-electron chi connectivity index (χ0n) is 6.10. The van der Waals surface area contributed by atoms with Crippen molar-refractivity contribution >= 4 is 0 Å². The number of morpholine rings is 1. The molecule has 3 heteroatoms. The average Bonchev–Trinajstić information content (AvgIpc) is 2.05. The van der Waals surface area contributed by atoms with E-state index >= 15 is 0 Å². The van der Waals surface area contributed by atoms with E-state index < -0.39 is 0 Å². The van der Waals surface area contributed by atoms with E-state index in [4.69, 9.17) is 4.74 Å². The molecular formula is C7H14N2O. The molecule has 10 heavy (non-hydrogen) atoms. The van der Waals surface area contributed by atoms with Gasteiger partial charge in [0.2, 0.25) is 0 Å². The number of nitrogens with one attached hydrogen (secondary N) is 2. The average molecular weight is 142 g/mol. The smallest absolute Gasteiger partial charge is 0.0853 e. The van der Waals surface area contributed by atoms with E-state index in [1.165, 1.54) is 6.42 Å². The molecule has 2 aliphatic heterocycles. The van der Waals surface area contributed by atoms with Gasteiger partial charge in [0.25, 0.3) is 0 Å². The molecule has 2 heterocycles. The fourth-order valence-corrected chi connectivity index (χ4v) is 1.69. The molecule has 0 radical (unpaired) electrons. The number of fused-ring (bicyclic) bond motifs is 1. The Hall–Kier alpha value is -0.120. The maximum atomic E-state index is 5.56. The lowest BCUT2D eigenvalue weighted by Gasteiger charge is -2.36. The molecule has 0 bridgehead atoms. The Balaban J connectivity index is 1.93. The van der Waals surface area contributed by atoms with E-state index in [1.54, 1.807) is 0 Å². The molecule has 0 aromatic rings. The molecule has 0 saturated carbocycles. The molecule has 3 nitrogen and oxygen atoms in total. The van der Waals surface area contributed by atoms with E-state index in [9.17, 15) is 0 Å². The van der Waals surface area contributed by atoms with Gasteiger partial charge in [0, 0.05) is 19.1 Å². The van der Waals surface area contributed by atoms with Crippen LogP contribution in [0.4, 0.5) is 0 Å². The monoisotopic (exact) mass is 142 g/mol. The van der Waals surface area contributed by atoms with Crippen LogP contribution in [0.2, 0.25) is 0 Å². The summed E-state index contributed by atoms with van der Waals surface area (Å²) in [4.78, 5) is 0. The van der Waals surface area contributed by atoms with Crippen molar-refractivity contribution < 1.29 is 4.74 Å². The number of hydrogen-bond donors (Lipinski definition) is 2. The molecule has 0 spiro atoms. The molecule has 0 aromatic heterocycles. The molecule has 2 aliphatic rings. The van der Waals surface area contributed by atoms with Crippen LogP contribution in [0.1, 0.15) is 6.42 Å². The Labute approximate surface area is 61.1 Å². The molecule has 58 valence electrons. The highest BCUT2D eigenvalue weighted by Gasteiger charge is 2.27. The molecule has 0 aromatic carbocycles. The van der Waals surface area contributed by atoms with Crippen LogP contribution in [0.15, 0.2) is 0 Å². The SMILES string of the molecule is C1C[C@@H]2NCCOC2CN1. The van der Waals surface area contributed by atoms with E-state index in [0.29, 0.717) is 12.1 Å². The Morgan fingerprint density at radius 2 is 2.30 bits per heavy atom. The summed E-state index contributed by atoms with van der Waals surface area (Å²) in [6.07, 6.45) is 1.65. The third-order valence-electron chi connectivity index (χ3n) is 2.27. The molecular weight excluding hydrogens is 128 g/mol. The van der Waals surface area contributed by atoms with Gasteiger partial charge in [-0.25, -0.2) is 0 Å². The third kappa shape index (κ3) is 1.17. The van der Waals surface area contributed by atoms with Crippen molar-refractivity contribution in [1.82, 2.24) is 10.6 Å². The summed E-state index contributed by atoms with van der Waals surface area (Å²) in [7, 11) is 0. The minimum Gasteiger partial charge on any atom is -0.374 e. The first-order valence-corrected chi connectivity index (χ1v) is 4.02. The van der Waals surface area contributed by atoms with Gasteiger partial charge in [-0.3, -0.25) is 0 Å². The van der Waals surface area contributed by atoms with E-state index in [1.807, 2.05) is 0 Å². The van der Waals surface area contributed by atoms with Crippen molar-refractivity contribution in [2.45, 2.75) is 18.6 Å². The Bertz CT molecular complexity index is 92.2. The summed E-state index contributed by atoms with van der Waals surface area (Å²) in [6.45, 7) is 4.07. The highest BCUT2D eigenvalue weighted by atomic mass is 16.5. The normalized spacial score (nSPS) is 40.8. The molecule has 1 unspecified atom stereocenters. The van der Waals surface area contributed by atoms with Crippen LogP contribution in [0.3, 0.4) is 0 Å². The summed E-state index contributed by atoms with van der Waals surface area (Å²) < 4.78 is 5.56. The maximum absolute atomic E-state index is 5.56. The molecule has 2 fully saturated rings. The molecule has 2 rings (SSSR count). The van der Waals surface area contributed by atoms with Gasteiger partial charge in [-0.15, -0.1) is 0 Å². The van der Waals surface area contributed by atoms with Crippen LogP contribution in [-0.2, 0) is 4.74 Å². The summed E-state index contributed by atoms with van der Waals surface area (Å²) >= 11 is 0. The lowest BCUT2D eigenvalue weighted by Crippen LogP contribution is -2.56. The van der Waals surface area contributed by atoms with E-state index in [2.05, 4.69) is 10.6 Å². The zero-order chi connectivity index (χ0) is 6.81. The van der Waals surface area contributed by atoms with Gasteiger partial charge in [-0.1, -0.05) is 0 Å². The summed E-state index contributed by atoms with van der Waals surface area (Å²) in [5.74, 6) is 0. The van der Waals surface area contributed by atoms with Crippen LogP contribution in [0, 0.1) is 0 Å². The first-order valence-electron chi connectivity index (χ1n) is 4.02. The van der Waals surface area contributed by atoms with Crippen LogP contribution < -0.4 is 10.6 Å². The van der Waals surface area contributed by atoms with Gasteiger partial charge < -0.3 is 15.4 Å². The highest BCUT2D eigenvalue weighted by Crippen LogP contribution is 2.10. The van der Waals surface area contributed by atoms with E-state index in [0.717, 1.165) is 26.2 Å². The quantitative estimate of drug-likeness (QED) is 0.471. The summed E-state index contributed by atoms with van der Waals surface area (Å²) in [6, 6.07) is 0.620. The summed E-state index contributed by atoms with van der Waals surface area (Å²) in [5, 5.41) is 6.77. The number of ether oxygens (including phenoxy) is 1. The van der Waals surface area contributed by atoms with Gasteiger partial charge in [-0.05, 0) is 13.0 Å². The van der Waals surface area contributed by atoms with Gasteiger partial charge >= 0.3 is 0 Å². The van der Waals surface area contributed by atoms with Crippen molar-refractivity contribution in [3.8, 4) is 0 Å². The third-order valence-corrected chi connectivity index (χ3v) is 2.27. The molecule has 2 saturated heterocycles. The molecule has 0 aliphatic carbocycles. The largest absolute Gasteiger partial charge is 0.374 e. The van der Waals surface area contributed by atoms with Crippen molar-refractivity contribution in [2.75, 3.05) is 26.2 Å². The van der Waals surface area contributed by atoms with Crippen molar-refractivity contribution in [3.63, 3.8) is 0 Å². The molecule has 0 amide bonds. The van der Waals surface area contributed by atoms with Crippen molar-refractivity contribution in [2.24, 2.45) is 0 Å². The van der Waals surface area contributed by atoms with Gasteiger partial charge in [-0.2, -0.15) is 0 Å². The van der Waals surface area contributed by atoms with Crippen LogP contribution >= 0.6 is 0 Å². The van der Waals surface area contributed by atoms with Crippen molar-refractivity contribution in [3.05, 3.63) is 0 Å². The topological polar surface area (TPSA) is 33.3 Å². The number of piperidine rings is 1. The first kappa shape index (κ1) is 6.58. The number of hydrogen-bond acceptors (Lipinski definition) is 3. The zero-order valence-corrected chi connectivity index (χ0v) is 6.10. The van der Waals surface area contributed by atoms with Crippen LogP contribution in [-0.4, -0.2) is 38.4 Å². The Morgan fingerprint density at radius 1 is 1.30 bits per heavy atom. The summed E-state index contributed by atoms with van der Waals surface area (Å²) in [5.41, 5.74) is 0. The second kappa shape index (κ2) is 2.86. The standard InChI is InChI=1S/C7H14N2O/c1-2-8-5-7-6(1)9-3-4-10-7/h6-9H,1-5H2/t6-,7?/m0/s1.